The summed E-state index contributed by atoms with van der Waals surface area (Å²) in [6.45, 7) is 4.14. The van der Waals surface area contributed by atoms with E-state index in [0.29, 0.717) is 13.2 Å². The highest BCUT2D eigenvalue weighted by Crippen LogP contribution is 2.46. The summed E-state index contributed by atoms with van der Waals surface area (Å²) in [4.78, 5) is 0. The highest BCUT2D eigenvalue weighted by atomic mass is 32.1. The molecule has 0 saturated heterocycles. The van der Waals surface area contributed by atoms with E-state index < -0.39 is 7.60 Å². The van der Waals surface area contributed by atoms with Gasteiger partial charge in [0.25, 0.3) is 0 Å². The summed E-state index contributed by atoms with van der Waals surface area (Å²) in [6, 6.07) is 0. The monoisotopic (exact) mass is 226 g/mol. The second kappa shape index (κ2) is 6.32. The average Bonchev–Trinajstić information content (AvgIpc) is 2.02. The summed E-state index contributed by atoms with van der Waals surface area (Å²) in [5.41, 5.74) is 5.18. The largest absolute Gasteiger partial charge is 0.376 e. The molecule has 0 aliphatic heterocycles. The minimum Gasteiger partial charge on any atom is -0.376 e. The molecule has 0 fully saturated rings. The summed E-state index contributed by atoms with van der Waals surface area (Å²) in [7, 11) is -3.05. The van der Waals surface area contributed by atoms with Crippen molar-refractivity contribution in [2.75, 3.05) is 19.5 Å². The fourth-order valence-corrected chi connectivity index (χ4v) is 2.28. The number of hydrogen-bond acceptors (Lipinski definition) is 4. The highest BCUT2D eigenvalue weighted by Gasteiger charge is 2.22. The molecule has 0 aliphatic carbocycles. The Balaban J connectivity index is 4.07. The van der Waals surface area contributed by atoms with Gasteiger partial charge in [0.05, 0.1) is 13.2 Å². The van der Waals surface area contributed by atoms with Gasteiger partial charge in [0, 0.05) is 0 Å². The van der Waals surface area contributed by atoms with Crippen molar-refractivity contribution in [2.24, 2.45) is 5.73 Å². The van der Waals surface area contributed by atoms with E-state index >= 15 is 0 Å². The Kier molecular flexibility index (Phi) is 6.24. The lowest BCUT2D eigenvalue weighted by Gasteiger charge is -2.17. The van der Waals surface area contributed by atoms with Gasteiger partial charge in [-0.05, 0) is 26.1 Å². The molecule has 0 bridgehead atoms. The van der Waals surface area contributed by atoms with Crippen LogP contribution in [0.5, 0.6) is 0 Å². The van der Waals surface area contributed by atoms with E-state index in [2.05, 4.69) is 17.5 Å². The van der Waals surface area contributed by atoms with Crippen LogP contribution in [0.15, 0.2) is 0 Å². The summed E-state index contributed by atoms with van der Waals surface area (Å²) in [6.07, 6.45) is 0.0179. The molecule has 0 unspecified atom stereocenters. The van der Waals surface area contributed by atoms with Crippen LogP contribution in [0.1, 0.15) is 13.8 Å². The zero-order chi connectivity index (χ0) is 10.3. The molecule has 13 heavy (non-hydrogen) atoms. The standard InChI is InChI=1S/C6H15N2O3PS/c1-3-10-12(9,11-4-2)5-8-6(7)13/h3-5H2,1-2H3,(H3,7,8,13). The lowest BCUT2D eigenvalue weighted by Crippen LogP contribution is -2.30. The predicted octanol–water partition coefficient (Wildman–Crippen LogP) is 1.04. The lowest BCUT2D eigenvalue weighted by atomic mass is 10.9. The molecule has 0 rings (SSSR count). The first-order chi connectivity index (χ1) is 6.04. The Morgan fingerprint density at radius 3 is 2.23 bits per heavy atom. The topological polar surface area (TPSA) is 73.6 Å². The van der Waals surface area contributed by atoms with Gasteiger partial charge in [-0.1, -0.05) is 0 Å². The van der Waals surface area contributed by atoms with Gasteiger partial charge in [-0.25, -0.2) is 0 Å². The van der Waals surface area contributed by atoms with Gasteiger partial charge in [-0.15, -0.1) is 0 Å². The third-order valence-corrected chi connectivity index (χ3v) is 3.09. The van der Waals surface area contributed by atoms with Crippen molar-refractivity contribution >= 4 is 24.9 Å². The predicted molar refractivity (Wildman–Crippen MR) is 55.6 cm³/mol. The third-order valence-electron chi connectivity index (χ3n) is 1.10. The molecular formula is C6H15N2O3PS. The Bertz CT molecular complexity index is 202. The van der Waals surface area contributed by atoms with Gasteiger partial charge in [-0.3, -0.25) is 4.57 Å². The van der Waals surface area contributed by atoms with Crippen molar-refractivity contribution in [3.63, 3.8) is 0 Å². The summed E-state index contributed by atoms with van der Waals surface area (Å²) in [5.74, 6) is 0. The highest BCUT2D eigenvalue weighted by molar-refractivity contribution is 7.80. The van der Waals surface area contributed by atoms with E-state index in [-0.39, 0.29) is 11.4 Å². The van der Waals surface area contributed by atoms with E-state index in [1.54, 1.807) is 13.8 Å². The molecule has 0 aliphatic rings. The molecule has 0 atom stereocenters. The van der Waals surface area contributed by atoms with Gasteiger partial charge in [0.1, 0.15) is 6.29 Å². The molecule has 3 N–H and O–H groups in total. The van der Waals surface area contributed by atoms with Crippen molar-refractivity contribution in [1.82, 2.24) is 5.32 Å². The third kappa shape index (κ3) is 5.99. The van der Waals surface area contributed by atoms with E-state index in [4.69, 9.17) is 14.8 Å². The molecule has 0 saturated carbocycles. The average molecular weight is 226 g/mol. The minimum atomic E-state index is -3.05. The Morgan fingerprint density at radius 1 is 1.46 bits per heavy atom. The molecule has 0 amide bonds. The van der Waals surface area contributed by atoms with Crippen molar-refractivity contribution in [2.45, 2.75) is 13.8 Å². The number of hydrogen-bond donors (Lipinski definition) is 2. The first-order valence-corrected chi connectivity index (χ1v) is 6.09. The van der Waals surface area contributed by atoms with E-state index in [9.17, 15) is 4.57 Å². The van der Waals surface area contributed by atoms with Crippen LogP contribution in [-0.2, 0) is 13.6 Å². The molecule has 7 heteroatoms. The molecule has 0 aromatic carbocycles. The maximum atomic E-state index is 11.7. The number of rotatable bonds is 6. The van der Waals surface area contributed by atoms with Crippen LogP contribution in [0.4, 0.5) is 0 Å². The van der Waals surface area contributed by atoms with Crippen LogP contribution in [-0.4, -0.2) is 24.6 Å². The van der Waals surface area contributed by atoms with Crippen LogP contribution < -0.4 is 11.1 Å². The Labute approximate surface area is 83.5 Å². The molecule has 0 aromatic heterocycles. The number of thiocarbonyl (C=S) groups is 1. The smallest absolute Gasteiger partial charge is 0.349 e. The quantitative estimate of drug-likeness (QED) is 0.521. The second-order valence-corrected chi connectivity index (χ2v) is 4.64. The molecule has 5 nitrogen and oxygen atoms in total. The van der Waals surface area contributed by atoms with Gasteiger partial charge >= 0.3 is 7.60 Å². The maximum Gasteiger partial charge on any atom is 0.349 e. The van der Waals surface area contributed by atoms with Crippen molar-refractivity contribution in [3.8, 4) is 0 Å². The van der Waals surface area contributed by atoms with Crippen LogP contribution in [0.2, 0.25) is 0 Å². The molecule has 0 radical (unpaired) electrons. The van der Waals surface area contributed by atoms with E-state index in [1.807, 2.05) is 0 Å². The number of nitrogens with two attached hydrogens (primary N) is 1. The Morgan fingerprint density at radius 2 is 1.92 bits per heavy atom. The van der Waals surface area contributed by atoms with Gasteiger partial charge in [0.15, 0.2) is 5.11 Å². The summed E-state index contributed by atoms with van der Waals surface area (Å²) >= 11 is 4.57. The van der Waals surface area contributed by atoms with Gasteiger partial charge in [0.2, 0.25) is 0 Å². The fraction of sp³-hybridized carbons (Fsp3) is 0.833. The summed E-state index contributed by atoms with van der Waals surface area (Å²) in [5, 5.41) is 2.63. The molecule has 0 spiro atoms. The van der Waals surface area contributed by atoms with E-state index in [1.165, 1.54) is 0 Å². The molecule has 0 heterocycles. The molecular weight excluding hydrogens is 211 g/mol. The van der Waals surface area contributed by atoms with Crippen molar-refractivity contribution in [3.05, 3.63) is 0 Å². The minimum absolute atomic E-state index is 0.0179. The van der Waals surface area contributed by atoms with E-state index in [0.717, 1.165) is 0 Å². The van der Waals surface area contributed by atoms with Gasteiger partial charge in [-0.2, -0.15) is 0 Å². The van der Waals surface area contributed by atoms with Crippen molar-refractivity contribution < 1.29 is 13.6 Å². The molecule has 78 valence electrons. The summed E-state index contributed by atoms with van der Waals surface area (Å²) < 4.78 is 21.6. The lowest BCUT2D eigenvalue weighted by molar-refractivity contribution is 0.219. The van der Waals surface area contributed by atoms with Crippen LogP contribution in [0.25, 0.3) is 0 Å². The SMILES string of the molecule is CCOP(=O)(CNC(N)=S)OCC. The first-order valence-electron chi connectivity index (χ1n) is 3.95. The normalized spacial score (nSPS) is 11.2. The Hall–Kier alpha value is -0.160. The zero-order valence-corrected chi connectivity index (χ0v) is 9.49. The van der Waals surface area contributed by atoms with Crippen LogP contribution in [0.3, 0.4) is 0 Å². The molecule has 0 aromatic rings. The zero-order valence-electron chi connectivity index (χ0n) is 7.78. The van der Waals surface area contributed by atoms with Crippen LogP contribution >= 0.6 is 19.8 Å². The fourth-order valence-electron chi connectivity index (χ4n) is 0.697. The number of nitrogens with one attached hydrogen (secondary N) is 1. The maximum absolute atomic E-state index is 11.7. The van der Waals surface area contributed by atoms with Crippen LogP contribution in [0, 0.1) is 0 Å². The van der Waals surface area contributed by atoms with Crippen molar-refractivity contribution in [1.29, 1.82) is 0 Å². The van der Waals surface area contributed by atoms with Gasteiger partial charge < -0.3 is 20.1 Å². The second-order valence-electron chi connectivity index (χ2n) is 2.15. The first kappa shape index (κ1) is 12.8.